The Morgan fingerprint density at radius 2 is 2.22 bits per heavy atom. The van der Waals surface area contributed by atoms with Crippen molar-refractivity contribution in [2.24, 2.45) is 12.8 Å². The third-order valence-electron chi connectivity index (χ3n) is 3.58. The molecule has 0 spiro atoms. The summed E-state index contributed by atoms with van der Waals surface area (Å²) in [4.78, 5) is 0. The Labute approximate surface area is 113 Å². The highest BCUT2D eigenvalue weighted by Gasteiger charge is 2.20. The molecule has 1 fully saturated rings. The first-order valence-electron chi connectivity index (χ1n) is 6.65. The average molecular weight is 269 g/mol. The molecule has 2 rings (SSSR count). The summed E-state index contributed by atoms with van der Waals surface area (Å²) >= 11 is 2.01. The molecule has 102 valence electrons. The summed E-state index contributed by atoms with van der Waals surface area (Å²) in [6, 6.07) is -0.000577. The maximum Gasteiger partial charge on any atom is 0.161 e. The third-order valence-corrected chi connectivity index (χ3v) is 5.08. The van der Waals surface area contributed by atoms with Crippen LogP contribution in [0.15, 0.2) is 6.20 Å². The highest BCUT2D eigenvalue weighted by atomic mass is 32.2. The Morgan fingerprint density at radius 3 is 2.89 bits per heavy atom. The van der Waals surface area contributed by atoms with Gasteiger partial charge in [0.1, 0.15) is 0 Å². The van der Waals surface area contributed by atoms with Gasteiger partial charge in [-0.25, -0.2) is 0 Å². The molecule has 0 bridgehead atoms. The van der Waals surface area contributed by atoms with Crippen molar-refractivity contribution in [1.82, 2.24) is 9.78 Å². The third kappa shape index (κ3) is 3.20. The first kappa shape index (κ1) is 13.7. The van der Waals surface area contributed by atoms with Gasteiger partial charge < -0.3 is 10.5 Å². The van der Waals surface area contributed by atoms with Crippen molar-refractivity contribution in [1.29, 1.82) is 0 Å². The lowest BCUT2D eigenvalue weighted by molar-refractivity contribution is 0.405. The summed E-state index contributed by atoms with van der Waals surface area (Å²) in [7, 11) is 3.59. The number of hydrogen-bond donors (Lipinski definition) is 1. The van der Waals surface area contributed by atoms with Crippen LogP contribution >= 0.6 is 11.8 Å². The van der Waals surface area contributed by atoms with Crippen LogP contribution in [-0.4, -0.2) is 27.9 Å². The molecule has 5 heteroatoms. The van der Waals surface area contributed by atoms with Gasteiger partial charge in [-0.2, -0.15) is 16.9 Å². The number of aromatic nitrogens is 2. The fraction of sp³-hybridized carbons (Fsp3) is 0.769. The molecule has 0 radical (unpaired) electrons. The standard InChI is InChI=1S/C13H23N3OS/c1-16-13(12(17-2)8-15-16)11(14)9-18-10-6-4-3-5-7-10/h8,10-11H,3-7,9,14H2,1-2H3. The highest BCUT2D eigenvalue weighted by molar-refractivity contribution is 7.99. The second-order valence-electron chi connectivity index (χ2n) is 4.92. The normalized spacial score (nSPS) is 18.8. The lowest BCUT2D eigenvalue weighted by Crippen LogP contribution is -2.20. The van der Waals surface area contributed by atoms with Gasteiger partial charge in [0.25, 0.3) is 0 Å². The fourth-order valence-corrected chi connectivity index (χ4v) is 3.86. The van der Waals surface area contributed by atoms with Gasteiger partial charge >= 0.3 is 0 Å². The van der Waals surface area contributed by atoms with Crippen molar-refractivity contribution < 1.29 is 4.74 Å². The van der Waals surface area contributed by atoms with Gasteiger partial charge in [0.2, 0.25) is 0 Å². The molecule has 1 aromatic heterocycles. The van der Waals surface area contributed by atoms with Crippen LogP contribution in [0.5, 0.6) is 5.75 Å². The average Bonchev–Trinajstić information content (AvgIpc) is 2.78. The first-order chi connectivity index (χ1) is 8.72. The number of nitrogens with zero attached hydrogens (tertiary/aromatic N) is 2. The monoisotopic (exact) mass is 269 g/mol. The summed E-state index contributed by atoms with van der Waals surface area (Å²) in [5.74, 6) is 1.75. The summed E-state index contributed by atoms with van der Waals surface area (Å²) in [5, 5.41) is 5.00. The van der Waals surface area contributed by atoms with Gasteiger partial charge in [-0.3, -0.25) is 4.68 Å². The van der Waals surface area contributed by atoms with Crippen molar-refractivity contribution in [3.05, 3.63) is 11.9 Å². The summed E-state index contributed by atoms with van der Waals surface area (Å²) in [6.45, 7) is 0. The quantitative estimate of drug-likeness (QED) is 0.892. The molecule has 0 aliphatic heterocycles. The van der Waals surface area contributed by atoms with Crippen molar-refractivity contribution >= 4 is 11.8 Å². The molecule has 18 heavy (non-hydrogen) atoms. The predicted octanol–water partition coefficient (Wildman–Crippen LogP) is 2.49. The number of aryl methyl sites for hydroxylation is 1. The fourth-order valence-electron chi connectivity index (χ4n) is 2.56. The Morgan fingerprint density at radius 1 is 1.50 bits per heavy atom. The van der Waals surface area contributed by atoms with Crippen molar-refractivity contribution in [3.8, 4) is 5.75 Å². The number of ether oxygens (including phenoxy) is 1. The second-order valence-corrected chi connectivity index (χ2v) is 6.25. The summed E-state index contributed by atoms with van der Waals surface area (Å²) in [5.41, 5.74) is 7.27. The maximum atomic E-state index is 6.27. The Kier molecular flexibility index (Phi) is 4.95. The number of hydrogen-bond acceptors (Lipinski definition) is 4. The minimum Gasteiger partial charge on any atom is -0.493 e. The van der Waals surface area contributed by atoms with E-state index >= 15 is 0 Å². The van der Waals surface area contributed by atoms with Crippen LogP contribution in [0, 0.1) is 0 Å². The van der Waals surface area contributed by atoms with E-state index in [0.717, 1.165) is 22.4 Å². The molecule has 2 N–H and O–H groups in total. The molecule has 1 atom stereocenters. The van der Waals surface area contributed by atoms with E-state index in [4.69, 9.17) is 10.5 Å². The van der Waals surface area contributed by atoms with Gasteiger partial charge in [-0.15, -0.1) is 0 Å². The maximum absolute atomic E-state index is 6.27. The van der Waals surface area contributed by atoms with E-state index in [1.54, 1.807) is 13.3 Å². The number of thioether (sulfide) groups is 1. The lowest BCUT2D eigenvalue weighted by atomic mass is 10.0. The van der Waals surface area contributed by atoms with Gasteiger partial charge in [0.05, 0.1) is 25.0 Å². The summed E-state index contributed by atoms with van der Waals surface area (Å²) < 4.78 is 7.13. The van der Waals surface area contributed by atoms with E-state index in [1.165, 1.54) is 32.1 Å². The molecule has 0 amide bonds. The SMILES string of the molecule is COc1cnn(C)c1C(N)CSC1CCCCC1. The second kappa shape index (κ2) is 6.48. The van der Waals surface area contributed by atoms with Crippen molar-refractivity contribution in [3.63, 3.8) is 0 Å². The molecule has 0 saturated heterocycles. The number of rotatable bonds is 5. The number of methoxy groups -OCH3 is 1. The Bertz CT molecular complexity index is 374. The molecule has 4 nitrogen and oxygen atoms in total. The Hall–Kier alpha value is -0.680. The molecule has 1 aliphatic rings. The van der Waals surface area contributed by atoms with E-state index < -0.39 is 0 Å². The molecule has 1 saturated carbocycles. The van der Waals surface area contributed by atoms with Crippen LogP contribution in [-0.2, 0) is 7.05 Å². The highest BCUT2D eigenvalue weighted by Crippen LogP contribution is 2.32. The smallest absolute Gasteiger partial charge is 0.161 e. The van der Waals surface area contributed by atoms with Crippen LogP contribution in [0.4, 0.5) is 0 Å². The van der Waals surface area contributed by atoms with E-state index in [0.29, 0.717) is 0 Å². The van der Waals surface area contributed by atoms with Crippen LogP contribution < -0.4 is 10.5 Å². The van der Waals surface area contributed by atoms with Gasteiger partial charge in [0, 0.05) is 18.1 Å². The molecule has 1 heterocycles. The van der Waals surface area contributed by atoms with Crippen molar-refractivity contribution in [2.45, 2.75) is 43.4 Å². The Balaban J connectivity index is 1.90. The molecular weight excluding hydrogens is 246 g/mol. The van der Waals surface area contributed by atoms with Crippen LogP contribution in [0.25, 0.3) is 0 Å². The first-order valence-corrected chi connectivity index (χ1v) is 7.70. The molecule has 1 aliphatic carbocycles. The van der Waals surface area contributed by atoms with E-state index in [2.05, 4.69) is 5.10 Å². The van der Waals surface area contributed by atoms with E-state index in [1.807, 2.05) is 23.5 Å². The van der Waals surface area contributed by atoms with Gasteiger partial charge in [0.15, 0.2) is 5.75 Å². The van der Waals surface area contributed by atoms with Crippen molar-refractivity contribution in [2.75, 3.05) is 12.9 Å². The largest absolute Gasteiger partial charge is 0.493 e. The lowest BCUT2D eigenvalue weighted by Gasteiger charge is -2.22. The molecule has 1 unspecified atom stereocenters. The van der Waals surface area contributed by atoms with Crippen LogP contribution in [0.3, 0.4) is 0 Å². The zero-order chi connectivity index (χ0) is 13.0. The van der Waals surface area contributed by atoms with E-state index in [-0.39, 0.29) is 6.04 Å². The topological polar surface area (TPSA) is 53.1 Å². The minimum atomic E-state index is -0.000577. The molecular formula is C13H23N3OS. The number of nitrogens with two attached hydrogens (primary N) is 1. The van der Waals surface area contributed by atoms with E-state index in [9.17, 15) is 0 Å². The van der Waals surface area contributed by atoms with Crippen LogP contribution in [0.2, 0.25) is 0 Å². The minimum absolute atomic E-state index is 0.000577. The molecule has 0 aromatic carbocycles. The molecule has 1 aromatic rings. The zero-order valence-corrected chi connectivity index (χ0v) is 12.1. The summed E-state index contributed by atoms with van der Waals surface area (Å²) in [6.07, 6.45) is 8.59. The predicted molar refractivity (Wildman–Crippen MR) is 76.0 cm³/mol. The van der Waals surface area contributed by atoms with Gasteiger partial charge in [-0.05, 0) is 12.8 Å². The van der Waals surface area contributed by atoms with Crippen LogP contribution in [0.1, 0.15) is 43.8 Å². The zero-order valence-electron chi connectivity index (χ0n) is 11.3. The van der Waals surface area contributed by atoms with Gasteiger partial charge in [-0.1, -0.05) is 19.3 Å².